The molecule has 0 bridgehead atoms. The summed E-state index contributed by atoms with van der Waals surface area (Å²) in [6.45, 7) is 6.79. The van der Waals surface area contributed by atoms with E-state index in [2.05, 4.69) is 17.1 Å². The van der Waals surface area contributed by atoms with Crippen LogP contribution in [0.4, 0.5) is 11.4 Å². The molecular formula is C28H30ClN3O3. The third-order valence-electron chi connectivity index (χ3n) is 6.19. The molecule has 182 valence electrons. The van der Waals surface area contributed by atoms with Gasteiger partial charge in [-0.2, -0.15) is 0 Å². The van der Waals surface area contributed by atoms with Crippen LogP contribution >= 0.6 is 11.6 Å². The molecule has 0 radical (unpaired) electrons. The molecule has 35 heavy (non-hydrogen) atoms. The summed E-state index contributed by atoms with van der Waals surface area (Å²) in [6, 6.07) is 20.9. The van der Waals surface area contributed by atoms with Crippen molar-refractivity contribution in [3.05, 3.63) is 88.4 Å². The van der Waals surface area contributed by atoms with E-state index in [4.69, 9.17) is 16.3 Å². The highest BCUT2D eigenvalue weighted by molar-refractivity contribution is 6.31. The number of nitrogens with one attached hydrogen (secondary N) is 1. The summed E-state index contributed by atoms with van der Waals surface area (Å²) in [5, 5.41) is 3.52. The van der Waals surface area contributed by atoms with E-state index in [0.29, 0.717) is 29.5 Å². The first kappa shape index (κ1) is 24.6. The smallest absolute Gasteiger partial charge is 0.262 e. The summed E-state index contributed by atoms with van der Waals surface area (Å²) in [7, 11) is 0. The van der Waals surface area contributed by atoms with Gasteiger partial charge in [0.15, 0.2) is 6.61 Å². The van der Waals surface area contributed by atoms with Gasteiger partial charge in [-0.3, -0.25) is 9.59 Å². The van der Waals surface area contributed by atoms with Gasteiger partial charge in [0.1, 0.15) is 5.75 Å². The fourth-order valence-corrected chi connectivity index (χ4v) is 4.16. The Hall–Kier alpha value is -3.51. The third kappa shape index (κ3) is 6.34. The molecule has 3 aromatic rings. The summed E-state index contributed by atoms with van der Waals surface area (Å²) >= 11 is 6.02. The van der Waals surface area contributed by atoms with Crippen molar-refractivity contribution in [2.45, 2.75) is 20.3 Å². The second-order valence-electron chi connectivity index (χ2n) is 8.62. The molecule has 1 heterocycles. The number of halogens is 1. The van der Waals surface area contributed by atoms with Crippen LogP contribution in [0.1, 0.15) is 28.4 Å². The zero-order valence-electron chi connectivity index (χ0n) is 20.1. The molecule has 4 rings (SSSR count). The number of benzene rings is 3. The number of carbonyl (C=O) groups excluding carboxylic acids is 2. The van der Waals surface area contributed by atoms with Crippen molar-refractivity contribution in [3.8, 4) is 5.75 Å². The van der Waals surface area contributed by atoms with Crippen molar-refractivity contribution >= 4 is 34.8 Å². The Bertz CT molecular complexity index is 1170. The van der Waals surface area contributed by atoms with Gasteiger partial charge in [-0.1, -0.05) is 30.7 Å². The third-order valence-corrected chi connectivity index (χ3v) is 6.62. The number of hydrogen-bond acceptors (Lipinski definition) is 4. The summed E-state index contributed by atoms with van der Waals surface area (Å²) in [5.41, 5.74) is 4.64. The van der Waals surface area contributed by atoms with Gasteiger partial charge in [0.2, 0.25) is 0 Å². The first-order chi connectivity index (χ1) is 16.9. The van der Waals surface area contributed by atoms with Crippen LogP contribution in [0.5, 0.6) is 5.75 Å². The van der Waals surface area contributed by atoms with Gasteiger partial charge < -0.3 is 19.9 Å². The van der Waals surface area contributed by atoms with E-state index in [9.17, 15) is 9.59 Å². The molecule has 3 aromatic carbocycles. The molecule has 2 amide bonds. The number of rotatable bonds is 7. The molecular weight excluding hydrogens is 462 g/mol. The van der Waals surface area contributed by atoms with Crippen molar-refractivity contribution < 1.29 is 14.3 Å². The Labute approximate surface area is 211 Å². The van der Waals surface area contributed by atoms with Crippen molar-refractivity contribution in [1.29, 1.82) is 0 Å². The van der Waals surface area contributed by atoms with E-state index in [1.807, 2.05) is 60.4 Å². The Morgan fingerprint density at radius 2 is 1.63 bits per heavy atom. The van der Waals surface area contributed by atoms with E-state index in [-0.39, 0.29) is 18.4 Å². The largest absolute Gasteiger partial charge is 0.484 e. The minimum atomic E-state index is -0.232. The lowest BCUT2D eigenvalue weighted by Crippen LogP contribution is -2.48. The monoisotopic (exact) mass is 491 g/mol. The van der Waals surface area contributed by atoms with Crippen LogP contribution in [0.15, 0.2) is 66.7 Å². The fraction of sp³-hybridized carbons (Fsp3) is 0.286. The summed E-state index contributed by atoms with van der Waals surface area (Å²) in [6.07, 6.45) is 0.965. The highest BCUT2D eigenvalue weighted by atomic mass is 35.5. The van der Waals surface area contributed by atoms with Crippen molar-refractivity contribution in [2.24, 2.45) is 0 Å². The molecule has 0 saturated carbocycles. The van der Waals surface area contributed by atoms with Gasteiger partial charge in [-0.25, -0.2) is 0 Å². The molecule has 0 atom stereocenters. The van der Waals surface area contributed by atoms with Crippen molar-refractivity contribution in [1.82, 2.24) is 4.90 Å². The average Bonchev–Trinajstić information content (AvgIpc) is 2.89. The number of carbonyl (C=O) groups is 2. The van der Waals surface area contributed by atoms with E-state index in [0.717, 1.165) is 36.3 Å². The van der Waals surface area contributed by atoms with E-state index >= 15 is 0 Å². The summed E-state index contributed by atoms with van der Waals surface area (Å²) in [5.74, 6) is 0.457. The second-order valence-corrected chi connectivity index (χ2v) is 9.03. The van der Waals surface area contributed by atoms with Gasteiger partial charge >= 0.3 is 0 Å². The highest BCUT2D eigenvalue weighted by Crippen LogP contribution is 2.22. The molecule has 7 heteroatoms. The molecule has 1 aliphatic rings. The molecule has 1 N–H and O–H groups in total. The molecule has 0 spiro atoms. The van der Waals surface area contributed by atoms with Gasteiger partial charge in [0.25, 0.3) is 11.8 Å². The molecule has 6 nitrogen and oxygen atoms in total. The number of piperazine rings is 1. The van der Waals surface area contributed by atoms with Crippen LogP contribution in [0.25, 0.3) is 0 Å². The molecule has 1 aliphatic heterocycles. The maximum atomic E-state index is 12.8. The maximum Gasteiger partial charge on any atom is 0.262 e. The lowest BCUT2D eigenvalue weighted by Gasteiger charge is -2.36. The lowest BCUT2D eigenvalue weighted by atomic mass is 10.1. The Balaban J connectivity index is 1.25. The van der Waals surface area contributed by atoms with Crippen LogP contribution in [-0.2, 0) is 11.2 Å². The maximum absolute atomic E-state index is 12.8. The molecule has 0 aliphatic carbocycles. The number of ether oxygens (including phenoxy) is 1. The Morgan fingerprint density at radius 1 is 0.943 bits per heavy atom. The van der Waals surface area contributed by atoms with Gasteiger partial charge in [-0.15, -0.1) is 0 Å². The predicted octanol–water partition coefficient (Wildman–Crippen LogP) is 5.19. The highest BCUT2D eigenvalue weighted by Gasteiger charge is 2.22. The van der Waals surface area contributed by atoms with Crippen LogP contribution in [0.3, 0.4) is 0 Å². The standard InChI is InChI=1S/C28H30ClN3O3/c1-3-21-4-6-22(7-5-21)28(34)32-16-14-31(15-17-32)24-10-8-23(9-11-24)30-27(33)19-35-25-12-13-26(29)20(2)18-25/h4-13,18H,3,14-17,19H2,1-2H3,(H,30,33). The average molecular weight is 492 g/mol. The zero-order chi connectivity index (χ0) is 24.8. The van der Waals surface area contributed by atoms with E-state index in [1.54, 1.807) is 18.2 Å². The van der Waals surface area contributed by atoms with E-state index < -0.39 is 0 Å². The molecule has 0 unspecified atom stereocenters. The number of anilines is 2. The second kappa shape index (κ2) is 11.3. The fourth-order valence-electron chi connectivity index (χ4n) is 4.04. The van der Waals surface area contributed by atoms with Crippen LogP contribution in [0.2, 0.25) is 5.02 Å². The van der Waals surface area contributed by atoms with Gasteiger partial charge in [-0.05, 0) is 79.1 Å². The van der Waals surface area contributed by atoms with Gasteiger partial charge in [0.05, 0.1) is 0 Å². The summed E-state index contributed by atoms with van der Waals surface area (Å²) in [4.78, 5) is 29.2. The first-order valence-corrected chi connectivity index (χ1v) is 12.2. The van der Waals surface area contributed by atoms with Crippen molar-refractivity contribution in [3.63, 3.8) is 0 Å². The number of hydrogen-bond donors (Lipinski definition) is 1. The number of nitrogens with zero attached hydrogens (tertiary/aromatic N) is 2. The Morgan fingerprint density at radius 3 is 2.26 bits per heavy atom. The first-order valence-electron chi connectivity index (χ1n) is 11.8. The zero-order valence-corrected chi connectivity index (χ0v) is 20.8. The predicted molar refractivity (Wildman–Crippen MR) is 141 cm³/mol. The normalized spacial score (nSPS) is 13.5. The molecule has 0 aromatic heterocycles. The number of aryl methyl sites for hydroxylation is 2. The minimum Gasteiger partial charge on any atom is -0.484 e. The Kier molecular flexibility index (Phi) is 7.93. The van der Waals surface area contributed by atoms with Crippen LogP contribution in [-0.4, -0.2) is 49.5 Å². The minimum absolute atomic E-state index is 0.0833. The quantitative estimate of drug-likeness (QED) is 0.494. The molecule has 1 fully saturated rings. The van der Waals surface area contributed by atoms with Crippen LogP contribution < -0.4 is 15.0 Å². The summed E-state index contributed by atoms with van der Waals surface area (Å²) < 4.78 is 5.56. The SMILES string of the molecule is CCc1ccc(C(=O)N2CCN(c3ccc(NC(=O)COc4ccc(Cl)c(C)c4)cc3)CC2)cc1. The molecule has 1 saturated heterocycles. The van der Waals surface area contributed by atoms with Crippen LogP contribution in [0, 0.1) is 6.92 Å². The topological polar surface area (TPSA) is 61.9 Å². The lowest BCUT2D eigenvalue weighted by molar-refractivity contribution is -0.118. The number of amides is 2. The van der Waals surface area contributed by atoms with E-state index in [1.165, 1.54) is 5.56 Å². The van der Waals surface area contributed by atoms with Gasteiger partial charge in [0, 0.05) is 48.1 Å². The van der Waals surface area contributed by atoms with Crippen molar-refractivity contribution in [2.75, 3.05) is 43.0 Å².